The van der Waals surface area contributed by atoms with Gasteiger partial charge in [0.05, 0.1) is 5.69 Å². The van der Waals surface area contributed by atoms with E-state index in [1.165, 1.54) is 19.3 Å². The molecule has 0 amide bonds. The van der Waals surface area contributed by atoms with Crippen molar-refractivity contribution >= 4 is 5.65 Å². The van der Waals surface area contributed by atoms with Gasteiger partial charge >= 0.3 is 0 Å². The molecule has 2 aliphatic rings. The number of fused-ring (bicyclic) bond motifs is 3. The molecule has 4 rings (SSSR count). The maximum absolute atomic E-state index is 4.53. The zero-order chi connectivity index (χ0) is 11.4. The molecule has 1 N–H and O–H groups in total. The number of aromatic nitrogens is 4. The van der Waals surface area contributed by atoms with Crippen LogP contribution in [-0.4, -0.2) is 31.9 Å². The lowest BCUT2D eigenvalue weighted by Crippen LogP contribution is -2.23. The van der Waals surface area contributed by atoms with Gasteiger partial charge in [-0.2, -0.15) is 9.61 Å². The van der Waals surface area contributed by atoms with Crippen molar-refractivity contribution in [2.45, 2.75) is 44.2 Å². The highest BCUT2D eigenvalue weighted by Crippen LogP contribution is 2.38. The van der Waals surface area contributed by atoms with Gasteiger partial charge in [0.25, 0.3) is 0 Å². The number of hydrogen-bond donors (Lipinski definition) is 1. The quantitative estimate of drug-likeness (QED) is 0.794. The molecule has 17 heavy (non-hydrogen) atoms. The van der Waals surface area contributed by atoms with E-state index in [1.54, 1.807) is 0 Å². The number of hydrogen-bond acceptors (Lipinski definition) is 4. The second-order valence-corrected chi connectivity index (χ2v) is 5.19. The van der Waals surface area contributed by atoms with Gasteiger partial charge in [-0.25, -0.2) is 0 Å². The third-order valence-electron chi connectivity index (χ3n) is 4.05. The smallest absolute Gasteiger partial charge is 0.177 e. The maximum atomic E-state index is 4.53. The normalized spacial score (nSPS) is 31.5. The predicted octanol–water partition coefficient (Wildman–Crippen LogP) is 1.04. The van der Waals surface area contributed by atoms with Crippen LogP contribution in [0.2, 0.25) is 0 Å². The van der Waals surface area contributed by atoms with Gasteiger partial charge in [0, 0.05) is 18.0 Å². The molecule has 0 aliphatic carbocycles. The van der Waals surface area contributed by atoms with Crippen LogP contribution < -0.4 is 5.32 Å². The van der Waals surface area contributed by atoms with E-state index in [0.29, 0.717) is 18.0 Å². The summed E-state index contributed by atoms with van der Waals surface area (Å²) in [4.78, 5) is 0. The average molecular weight is 229 g/mol. The maximum Gasteiger partial charge on any atom is 0.177 e. The Labute approximate surface area is 99.2 Å². The Morgan fingerprint density at radius 2 is 2.24 bits per heavy atom. The molecule has 0 aromatic carbocycles. The van der Waals surface area contributed by atoms with Crippen LogP contribution in [0.4, 0.5) is 0 Å². The summed E-state index contributed by atoms with van der Waals surface area (Å²) >= 11 is 0. The van der Waals surface area contributed by atoms with E-state index < -0.39 is 0 Å². The van der Waals surface area contributed by atoms with E-state index in [2.05, 4.69) is 20.6 Å². The van der Waals surface area contributed by atoms with Crippen molar-refractivity contribution in [1.29, 1.82) is 0 Å². The Balaban J connectivity index is 1.83. The summed E-state index contributed by atoms with van der Waals surface area (Å²) in [6.07, 6.45) is 3.75. The van der Waals surface area contributed by atoms with E-state index in [1.807, 2.05) is 23.6 Å². The largest absolute Gasteiger partial charge is 0.310 e. The molecule has 0 spiro atoms. The molecule has 88 valence electrons. The predicted molar refractivity (Wildman–Crippen MR) is 62.8 cm³/mol. The van der Waals surface area contributed by atoms with Crippen LogP contribution in [0, 0.1) is 6.92 Å². The van der Waals surface area contributed by atoms with Crippen LogP contribution >= 0.6 is 0 Å². The van der Waals surface area contributed by atoms with E-state index in [9.17, 15) is 0 Å². The third-order valence-corrected chi connectivity index (χ3v) is 4.05. The molecule has 3 atom stereocenters. The van der Waals surface area contributed by atoms with E-state index >= 15 is 0 Å². The summed E-state index contributed by atoms with van der Waals surface area (Å²) in [6.45, 7) is 2.00. The summed E-state index contributed by atoms with van der Waals surface area (Å²) in [5.41, 5.74) is 1.86. The summed E-state index contributed by atoms with van der Waals surface area (Å²) in [6, 6.07) is 5.23. The Hall–Kier alpha value is -1.49. The lowest BCUT2D eigenvalue weighted by atomic mass is 9.89. The molecule has 2 aromatic heterocycles. The lowest BCUT2D eigenvalue weighted by molar-refractivity contribution is 0.478. The first-order chi connectivity index (χ1) is 8.31. The summed E-state index contributed by atoms with van der Waals surface area (Å²) in [7, 11) is 0. The summed E-state index contributed by atoms with van der Waals surface area (Å²) < 4.78 is 1.92. The minimum Gasteiger partial charge on any atom is -0.310 e. The van der Waals surface area contributed by atoms with E-state index in [0.717, 1.165) is 17.2 Å². The van der Waals surface area contributed by atoms with Crippen molar-refractivity contribution < 1.29 is 0 Å². The van der Waals surface area contributed by atoms with Gasteiger partial charge in [-0.05, 0) is 38.3 Å². The lowest BCUT2D eigenvalue weighted by Gasteiger charge is -2.17. The highest BCUT2D eigenvalue weighted by molar-refractivity contribution is 5.37. The van der Waals surface area contributed by atoms with Crippen molar-refractivity contribution in [3.8, 4) is 0 Å². The molecule has 5 heteroatoms. The minimum atomic E-state index is 0.484. The molecular weight excluding hydrogens is 214 g/mol. The molecule has 2 saturated heterocycles. The van der Waals surface area contributed by atoms with Crippen molar-refractivity contribution in [3.63, 3.8) is 0 Å². The fraction of sp³-hybridized carbons (Fsp3) is 0.583. The van der Waals surface area contributed by atoms with Gasteiger partial charge in [0.2, 0.25) is 0 Å². The molecule has 2 aromatic rings. The second kappa shape index (κ2) is 3.26. The Bertz CT molecular complexity index is 575. The fourth-order valence-electron chi connectivity index (χ4n) is 3.24. The van der Waals surface area contributed by atoms with Gasteiger partial charge < -0.3 is 5.32 Å². The topological polar surface area (TPSA) is 55.1 Å². The van der Waals surface area contributed by atoms with Gasteiger partial charge in [-0.3, -0.25) is 0 Å². The van der Waals surface area contributed by atoms with Crippen LogP contribution in [-0.2, 0) is 0 Å². The number of nitrogens with one attached hydrogen (secondary N) is 1. The Kier molecular flexibility index (Phi) is 1.83. The molecule has 2 fully saturated rings. The van der Waals surface area contributed by atoms with Crippen molar-refractivity contribution in [2.75, 3.05) is 0 Å². The first-order valence-electron chi connectivity index (χ1n) is 6.26. The van der Waals surface area contributed by atoms with Crippen LogP contribution in [0.15, 0.2) is 12.1 Å². The van der Waals surface area contributed by atoms with E-state index in [4.69, 9.17) is 0 Å². The van der Waals surface area contributed by atoms with Crippen molar-refractivity contribution in [2.24, 2.45) is 0 Å². The van der Waals surface area contributed by atoms with Gasteiger partial charge in [-0.1, -0.05) is 0 Å². The Morgan fingerprint density at radius 3 is 3.00 bits per heavy atom. The first-order valence-corrected chi connectivity index (χ1v) is 6.26. The van der Waals surface area contributed by atoms with Crippen LogP contribution in [0.1, 0.15) is 36.7 Å². The molecule has 0 radical (unpaired) electrons. The molecule has 0 saturated carbocycles. The molecule has 5 nitrogen and oxygen atoms in total. The minimum absolute atomic E-state index is 0.484. The molecular formula is C12H15N5. The SMILES string of the molecule is Cc1ccc2nnc(C3CC4CCC3N4)n2n1. The molecule has 3 unspecified atom stereocenters. The highest BCUT2D eigenvalue weighted by Gasteiger charge is 2.42. The van der Waals surface area contributed by atoms with Crippen molar-refractivity contribution in [3.05, 3.63) is 23.7 Å². The summed E-state index contributed by atoms with van der Waals surface area (Å²) in [5.74, 6) is 1.52. The zero-order valence-electron chi connectivity index (χ0n) is 9.80. The number of rotatable bonds is 1. The van der Waals surface area contributed by atoms with Crippen molar-refractivity contribution in [1.82, 2.24) is 25.1 Å². The van der Waals surface area contributed by atoms with Gasteiger partial charge in [-0.15, -0.1) is 10.2 Å². The first kappa shape index (κ1) is 9.53. The monoisotopic (exact) mass is 229 g/mol. The molecule has 2 bridgehead atoms. The van der Waals surface area contributed by atoms with Gasteiger partial charge in [0.1, 0.15) is 0 Å². The zero-order valence-corrected chi connectivity index (χ0v) is 9.80. The standard InChI is InChI=1S/C12H15N5/c1-7-2-5-11-14-15-12(17(11)16-7)9-6-8-3-4-10(9)13-8/h2,5,8-10,13H,3-4,6H2,1H3. The Morgan fingerprint density at radius 1 is 1.29 bits per heavy atom. The summed E-state index contributed by atoms with van der Waals surface area (Å²) in [5, 5.41) is 16.7. The average Bonchev–Trinajstić information content (AvgIpc) is 3.01. The van der Waals surface area contributed by atoms with Crippen LogP contribution in [0.3, 0.4) is 0 Å². The molecule has 4 heterocycles. The van der Waals surface area contributed by atoms with Crippen LogP contribution in [0.25, 0.3) is 5.65 Å². The number of aryl methyl sites for hydroxylation is 1. The fourth-order valence-corrected chi connectivity index (χ4v) is 3.24. The highest BCUT2D eigenvalue weighted by atomic mass is 15.4. The number of nitrogens with zero attached hydrogens (tertiary/aromatic N) is 4. The third kappa shape index (κ3) is 1.32. The second-order valence-electron chi connectivity index (χ2n) is 5.19. The van der Waals surface area contributed by atoms with Crippen LogP contribution in [0.5, 0.6) is 0 Å². The molecule has 2 aliphatic heterocycles. The van der Waals surface area contributed by atoms with Gasteiger partial charge in [0.15, 0.2) is 11.5 Å². The van der Waals surface area contributed by atoms with E-state index in [-0.39, 0.29) is 0 Å².